The van der Waals surface area contributed by atoms with Crippen LogP contribution in [0, 0.1) is 0 Å². The molecule has 0 unspecified atom stereocenters. The topological polar surface area (TPSA) is 94.7 Å². The number of rotatable bonds is 7. The van der Waals surface area contributed by atoms with Crippen molar-refractivity contribution in [3.05, 3.63) is 58.7 Å². The summed E-state index contributed by atoms with van der Waals surface area (Å²) in [5.41, 5.74) is 4.10. The molecule has 1 fully saturated rings. The number of amides is 1. The van der Waals surface area contributed by atoms with Gasteiger partial charge in [-0.05, 0) is 58.4 Å². The zero-order chi connectivity index (χ0) is 31.6. The Kier molecular flexibility index (Phi) is 6.44. The molecule has 0 spiro atoms. The molecular weight excluding hydrogens is 607 g/mol. The maximum absolute atomic E-state index is 13.8. The number of hydrogen-bond acceptors (Lipinski definition) is 7. The van der Waals surface area contributed by atoms with Crippen LogP contribution in [0.2, 0.25) is 0 Å². The summed E-state index contributed by atoms with van der Waals surface area (Å²) in [7, 11) is 1.31. The third-order valence-corrected chi connectivity index (χ3v) is 12.2. The molecule has 1 amide bonds. The fraction of sp³-hybridized carbons (Fsp3) is 0.429. The van der Waals surface area contributed by atoms with E-state index in [1.54, 1.807) is 6.92 Å². The summed E-state index contributed by atoms with van der Waals surface area (Å²) in [6, 6.07) is 12.9. The van der Waals surface area contributed by atoms with Crippen molar-refractivity contribution >= 4 is 79.0 Å². The molecule has 5 aromatic rings. The van der Waals surface area contributed by atoms with Crippen LogP contribution >= 0.6 is 23.5 Å². The maximum atomic E-state index is 13.8. The van der Waals surface area contributed by atoms with Gasteiger partial charge in [-0.3, -0.25) is 4.79 Å². The van der Waals surface area contributed by atoms with E-state index in [2.05, 4.69) is 74.0 Å². The van der Waals surface area contributed by atoms with E-state index in [1.807, 2.05) is 28.1 Å². The Labute approximate surface area is 269 Å². The van der Waals surface area contributed by atoms with Crippen LogP contribution in [-0.2, 0) is 38.0 Å². The summed E-state index contributed by atoms with van der Waals surface area (Å²) in [6.45, 7) is 11.0. The van der Waals surface area contributed by atoms with Gasteiger partial charge in [-0.1, -0.05) is 39.8 Å². The van der Waals surface area contributed by atoms with Gasteiger partial charge in [0.25, 0.3) is 5.91 Å². The normalized spacial score (nSPS) is 23.8. The van der Waals surface area contributed by atoms with Crippen LogP contribution in [-0.4, -0.2) is 49.3 Å². The molecule has 2 aromatic heterocycles. The molecule has 45 heavy (non-hydrogen) atoms. The van der Waals surface area contributed by atoms with Crippen molar-refractivity contribution in [3.63, 3.8) is 0 Å². The summed E-state index contributed by atoms with van der Waals surface area (Å²) in [6.07, 6.45) is -0.662. The molecular formula is C35H37N3O5S2. The van der Waals surface area contributed by atoms with E-state index < -0.39 is 23.5 Å². The molecule has 8 nitrogen and oxygen atoms in total. The molecule has 3 atom stereocenters. The average molecular weight is 644 g/mol. The molecule has 8 rings (SSSR count). The first-order valence-electron chi connectivity index (χ1n) is 15.6. The van der Waals surface area contributed by atoms with E-state index >= 15 is 0 Å². The Hall–Kier alpha value is -3.18. The lowest BCUT2D eigenvalue weighted by atomic mass is 9.88. The first-order chi connectivity index (χ1) is 21.5. The number of hydrogen-bond donors (Lipinski definition) is 2. The van der Waals surface area contributed by atoms with Crippen LogP contribution in [0.4, 0.5) is 0 Å². The number of thioether (sulfide) groups is 2. The number of carbonyl (C=O) groups excluding carboxylic acids is 2. The number of nitrogens with zero attached hydrogens (tertiary/aromatic N) is 2. The highest BCUT2D eigenvalue weighted by Crippen LogP contribution is 2.58. The quantitative estimate of drug-likeness (QED) is 0.186. The summed E-state index contributed by atoms with van der Waals surface area (Å²) >= 11 is 3.75. The van der Waals surface area contributed by atoms with E-state index in [0.717, 1.165) is 60.7 Å². The molecule has 3 aromatic carbocycles. The van der Waals surface area contributed by atoms with Crippen LogP contribution in [0.15, 0.2) is 36.4 Å². The highest BCUT2D eigenvalue weighted by Gasteiger charge is 2.65. The molecule has 2 N–H and O–H groups in total. The number of aromatic nitrogens is 2. The van der Waals surface area contributed by atoms with Crippen molar-refractivity contribution in [1.82, 2.24) is 14.5 Å². The van der Waals surface area contributed by atoms with Crippen LogP contribution in [0.3, 0.4) is 0 Å². The fourth-order valence-electron chi connectivity index (χ4n) is 7.79. The van der Waals surface area contributed by atoms with Crippen LogP contribution in [0.25, 0.3) is 43.6 Å². The Morgan fingerprint density at radius 3 is 2.27 bits per heavy atom. The third-order valence-electron chi connectivity index (χ3n) is 9.84. The van der Waals surface area contributed by atoms with Gasteiger partial charge >= 0.3 is 5.97 Å². The van der Waals surface area contributed by atoms with Crippen LogP contribution in [0.5, 0.6) is 0 Å². The summed E-state index contributed by atoms with van der Waals surface area (Å²) in [4.78, 5) is 27.3. The van der Waals surface area contributed by atoms with Crippen LogP contribution in [0.1, 0.15) is 74.3 Å². The van der Waals surface area contributed by atoms with Gasteiger partial charge in [0.1, 0.15) is 6.23 Å². The number of esters is 1. The van der Waals surface area contributed by atoms with Gasteiger partial charge in [0.15, 0.2) is 5.72 Å². The second-order valence-corrected chi connectivity index (χ2v) is 16.4. The fourth-order valence-corrected chi connectivity index (χ4v) is 9.20. The lowest BCUT2D eigenvalue weighted by molar-refractivity contribution is -0.202. The van der Waals surface area contributed by atoms with Crippen molar-refractivity contribution in [3.8, 4) is 0 Å². The first kappa shape index (κ1) is 29.2. The highest BCUT2D eigenvalue weighted by atomic mass is 32.2. The van der Waals surface area contributed by atoms with Gasteiger partial charge in [0.2, 0.25) is 5.60 Å². The summed E-state index contributed by atoms with van der Waals surface area (Å²) in [5.74, 6) is 0.901. The van der Waals surface area contributed by atoms with Crippen molar-refractivity contribution in [2.24, 2.45) is 0 Å². The van der Waals surface area contributed by atoms with E-state index in [0.29, 0.717) is 22.6 Å². The predicted molar refractivity (Wildman–Crippen MR) is 182 cm³/mol. The van der Waals surface area contributed by atoms with Crippen LogP contribution < -0.4 is 5.32 Å². The lowest BCUT2D eigenvalue weighted by Gasteiger charge is -2.37. The second kappa shape index (κ2) is 9.91. The molecule has 2 bridgehead atoms. The van der Waals surface area contributed by atoms with E-state index in [1.165, 1.54) is 18.2 Å². The maximum Gasteiger partial charge on any atom is 0.343 e. The zero-order valence-electron chi connectivity index (χ0n) is 26.3. The average Bonchev–Trinajstić information content (AvgIpc) is 3.70. The van der Waals surface area contributed by atoms with E-state index in [9.17, 15) is 14.7 Å². The van der Waals surface area contributed by atoms with Gasteiger partial charge in [-0.15, -0.1) is 0 Å². The van der Waals surface area contributed by atoms with Gasteiger partial charge in [0, 0.05) is 46.0 Å². The van der Waals surface area contributed by atoms with Gasteiger partial charge in [0.05, 0.1) is 34.7 Å². The number of carbonyl (C=O) groups is 2. The third kappa shape index (κ3) is 3.82. The van der Waals surface area contributed by atoms with Crippen molar-refractivity contribution in [2.75, 3.05) is 7.11 Å². The number of benzene rings is 3. The number of aliphatic hydroxyl groups is 1. The largest absolute Gasteiger partial charge is 0.467 e. The number of methoxy groups -OCH3 is 1. The van der Waals surface area contributed by atoms with Gasteiger partial charge < -0.3 is 29.0 Å². The zero-order valence-corrected chi connectivity index (χ0v) is 27.9. The van der Waals surface area contributed by atoms with E-state index in [4.69, 9.17) is 9.47 Å². The summed E-state index contributed by atoms with van der Waals surface area (Å²) in [5, 5.41) is 20.3. The standard InChI is InChI=1S/C35H37N3O5S2/c1-17(2)44-15-19-7-9-24-21(11-19)28-29-23(14-36-32(29)39)27-22-12-20(16-45-18(3)4)8-10-25(22)38-31(27)30(28)37(24)26-13-35(41,33(40)42-6)34(38,5)43-26/h7-12,17-18,26,41H,13-16H2,1-6H3,(H,36,39)/t26-,34+,35+/m0/s1. The van der Waals surface area contributed by atoms with E-state index in [-0.39, 0.29) is 12.3 Å². The highest BCUT2D eigenvalue weighted by molar-refractivity contribution is 7.99. The Morgan fingerprint density at radius 1 is 1.02 bits per heavy atom. The Morgan fingerprint density at radius 2 is 1.64 bits per heavy atom. The Balaban J connectivity index is 1.56. The Bertz CT molecular complexity index is 2110. The summed E-state index contributed by atoms with van der Waals surface area (Å²) < 4.78 is 16.3. The minimum absolute atomic E-state index is 0.00695. The first-order valence-corrected chi connectivity index (χ1v) is 17.7. The van der Waals surface area contributed by atoms with Gasteiger partial charge in [-0.25, -0.2) is 4.79 Å². The predicted octanol–water partition coefficient (Wildman–Crippen LogP) is 6.94. The molecule has 3 aliphatic heterocycles. The lowest BCUT2D eigenvalue weighted by Crippen LogP contribution is -2.56. The van der Waals surface area contributed by atoms with Gasteiger partial charge in [-0.2, -0.15) is 23.5 Å². The number of nitrogens with one attached hydrogen (secondary N) is 1. The molecule has 0 saturated carbocycles. The molecule has 0 aliphatic carbocycles. The monoisotopic (exact) mass is 643 g/mol. The second-order valence-electron chi connectivity index (χ2n) is 13.2. The molecule has 10 heteroatoms. The molecule has 3 aliphatic rings. The molecule has 1 saturated heterocycles. The minimum Gasteiger partial charge on any atom is -0.467 e. The van der Waals surface area contributed by atoms with Crippen molar-refractivity contribution < 1.29 is 24.2 Å². The minimum atomic E-state index is -1.96. The SMILES string of the molecule is COC(=O)[C@]1(O)C[C@@H]2O[C@@]1(C)n1c3ccc(CSC(C)C)cc3c3c4c(c5c6cc(CSC(C)C)ccc6n2c5c31)C(=O)NC4. The smallest absolute Gasteiger partial charge is 0.343 e. The molecule has 5 heterocycles. The molecule has 0 radical (unpaired) electrons. The van der Waals surface area contributed by atoms with Crippen molar-refractivity contribution in [2.45, 2.75) is 87.1 Å². The number of ether oxygens (including phenoxy) is 2. The number of fused-ring (bicyclic) bond motifs is 13. The molecule has 234 valence electrons. The van der Waals surface area contributed by atoms with Crippen molar-refractivity contribution in [1.29, 1.82) is 0 Å².